The Morgan fingerprint density at radius 3 is 2.32 bits per heavy atom. The average molecular weight is 276 g/mol. The maximum atomic E-state index is 11.7. The Hall–Kier alpha value is -1.34. The van der Waals surface area contributed by atoms with Gasteiger partial charge >= 0.3 is 12.0 Å². The first-order chi connectivity index (χ1) is 9.04. The highest BCUT2D eigenvalue weighted by Gasteiger charge is 2.20. The molecule has 0 aliphatic carbocycles. The summed E-state index contributed by atoms with van der Waals surface area (Å²) in [7, 11) is 3.04. The van der Waals surface area contributed by atoms with E-state index in [0.29, 0.717) is 6.61 Å². The third-order valence-corrected chi connectivity index (χ3v) is 2.55. The number of carboxylic acid groups (broad SMARTS) is 1. The molecule has 3 N–H and O–H groups in total. The van der Waals surface area contributed by atoms with Crippen LogP contribution in [0.25, 0.3) is 0 Å². The number of carboxylic acids is 1. The maximum Gasteiger partial charge on any atom is 0.326 e. The van der Waals surface area contributed by atoms with Crippen molar-refractivity contribution in [2.24, 2.45) is 0 Å². The zero-order chi connectivity index (χ0) is 14.7. The van der Waals surface area contributed by atoms with E-state index in [1.54, 1.807) is 7.11 Å². The molecule has 0 aliphatic heterocycles. The Morgan fingerprint density at radius 1 is 1.16 bits per heavy atom. The highest BCUT2D eigenvalue weighted by atomic mass is 16.5. The van der Waals surface area contributed by atoms with Crippen LogP contribution in [0.15, 0.2) is 0 Å². The van der Waals surface area contributed by atoms with Crippen molar-refractivity contribution in [2.45, 2.75) is 38.3 Å². The zero-order valence-electron chi connectivity index (χ0n) is 11.8. The molecule has 0 heterocycles. The minimum Gasteiger partial charge on any atom is -0.480 e. The van der Waals surface area contributed by atoms with Crippen LogP contribution in [0.4, 0.5) is 4.79 Å². The third kappa shape index (κ3) is 8.39. The molecule has 0 aromatic heterocycles. The van der Waals surface area contributed by atoms with E-state index in [2.05, 4.69) is 10.6 Å². The molecule has 7 nitrogen and oxygen atoms in total. The van der Waals surface area contributed by atoms with Gasteiger partial charge in [-0.1, -0.05) is 13.3 Å². The summed E-state index contributed by atoms with van der Waals surface area (Å²) in [5, 5.41) is 14.1. The lowest BCUT2D eigenvalue weighted by Crippen LogP contribution is -2.50. The number of ether oxygens (including phenoxy) is 2. The van der Waals surface area contributed by atoms with Crippen molar-refractivity contribution >= 4 is 12.0 Å². The molecular weight excluding hydrogens is 252 g/mol. The molecule has 0 saturated carbocycles. The topological polar surface area (TPSA) is 96.9 Å². The normalized spacial score (nSPS) is 13.6. The summed E-state index contributed by atoms with van der Waals surface area (Å²) in [5.41, 5.74) is 0. The number of urea groups is 1. The highest BCUT2D eigenvalue weighted by Crippen LogP contribution is 1.98. The predicted molar refractivity (Wildman–Crippen MR) is 70.2 cm³/mol. The molecule has 2 amide bonds. The van der Waals surface area contributed by atoms with Crippen LogP contribution in [-0.2, 0) is 14.3 Å². The SMILES string of the molecule is CCCC(COC)NC(=O)NC(CCOC)C(=O)O. The molecule has 0 aromatic rings. The Labute approximate surface area is 113 Å². The number of aliphatic carboxylic acids is 1. The van der Waals surface area contributed by atoms with Gasteiger partial charge in [0.05, 0.1) is 12.6 Å². The molecule has 0 rings (SSSR count). The fourth-order valence-corrected chi connectivity index (χ4v) is 1.63. The molecule has 0 radical (unpaired) electrons. The molecule has 2 unspecified atom stereocenters. The van der Waals surface area contributed by atoms with E-state index in [-0.39, 0.29) is 19.1 Å². The summed E-state index contributed by atoms with van der Waals surface area (Å²) in [6.07, 6.45) is 1.90. The molecule has 0 aliphatic rings. The number of nitrogens with one attached hydrogen (secondary N) is 2. The van der Waals surface area contributed by atoms with E-state index in [4.69, 9.17) is 14.6 Å². The van der Waals surface area contributed by atoms with Crippen LogP contribution >= 0.6 is 0 Å². The van der Waals surface area contributed by atoms with Crippen LogP contribution in [0.3, 0.4) is 0 Å². The van der Waals surface area contributed by atoms with Crippen LogP contribution in [0.5, 0.6) is 0 Å². The molecule has 19 heavy (non-hydrogen) atoms. The molecule has 0 saturated heterocycles. The molecule has 0 bridgehead atoms. The monoisotopic (exact) mass is 276 g/mol. The van der Waals surface area contributed by atoms with Gasteiger partial charge in [-0.25, -0.2) is 9.59 Å². The summed E-state index contributed by atoms with van der Waals surface area (Å²) in [6.45, 7) is 2.67. The summed E-state index contributed by atoms with van der Waals surface area (Å²) < 4.78 is 9.80. The van der Waals surface area contributed by atoms with Crippen LogP contribution in [0.2, 0.25) is 0 Å². The van der Waals surface area contributed by atoms with Crippen LogP contribution in [0, 0.1) is 0 Å². The number of amides is 2. The van der Waals surface area contributed by atoms with Crippen molar-refractivity contribution in [2.75, 3.05) is 27.4 Å². The average Bonchev–Trinajstić information content (AvgIpc) is 2.34. The lowest BCUT2D eigenvalue weighted by molar-refractivity contribution is -0.139. The second-order valence-corrected chi connectivity index (χ2v) is 4.23. The lowest BCUT2D eigenvalue weighted by Gasteiger charge is -2.20. The van der Waals surface area contributed by atoms with Gasteiger partial charge in [0.25, 0.3) is 0 Å². The maximum absolute atomic E-state index is 11.7. The van der Waals surface area contributed by atoms with Gasteiger partial charge in [0.15, 0.2) is 0 Å². The van der Waals surface area contributed by atoms with Gasteiger partial charge in [-0.2, -0.15) is 0 Å². The summed E-state index contributed by atoms with van der Waals surface area (Å²) in [4.78, 5) is 22.7. The molecule has 0 fully saturated rings. The lowest BCUT2D eigenvalue weighted by atomic mass is 10.2. The Morgan fingerprint density at radius 2 is 1.84 bits per heavy atom. The van der Waals surface area contributed by atoms with E-state index >= 15 is 0 Å². The number of hydrogen-bond donors (Lipinski definition) is 3. The number of methoxy groups -OCH3 is 2. The number of carbonyl (C=O) groups excluding carboxylic acids is 1. The minimum atomic E-state index is -1.08. The number of rotatable bonds is 10. The van der Waals surface area contributed by atoms with Crippen molar-refractivity contribution in [3.63, 3.8) is 0 Å². The third-order valence-electron chi connectivity index (χ3n) is 2.55. The van der Waals surface area contributed by atoms with E-state index in [1.165, 1.54) is 7.11 Å². The largest absolute Gasteiger partial charge is 0.480 e. The first kappa shape index (κ1) is 17.7. The molecule has 0 aromatic carbocycles. The van der Waals surface area contributed by atoms with Gasteiger partial charge in [-0.3, -0.25) is 0 Å². The van der Waals surface area contributed by atoms with Crippen LogP contribution < -0.4 is 10.6 Å². The standard InChI is InChI=1S/C12H24N2O5/c1-4-5-9(8-19-3)13-12(17)14-10(11(15)16)6-7-18-2/h9-10H,4-8H2,1-3H3,(H,15,16)(H2,13,14,17). The van der Waals surface area contributed by atoms with Gasteiger partial charge in [0.2, 0.25) is 0 Å². The van der Waals surface area contributed by atoms with Gasteiger partial charge < -0.3 is 25.2 Å². The summed E-state index contributed by atoms with van der Waals surface area (Å²) >= 11 is 0. The molecular formula is C12H24N2O5. The first-order valence-corrected chi connectivity index (χ1v) is 6.32. The van der Waals surface area contributed by atoms with E-state index in [0.717, 1.165) is 12.8 Å². The van der Waals surface area contributed by atoms with Gasteiger partial charge in [-0.05, 0) is 6.42 Å². The second kappa shape index (κ2) is 10.6. The van der Waals surface area contributed by atoms with Crippen LogP contribution in [-0.4, -0.2) is 56.6 Å². The van der Waals surface area contributed by atoms with Crippen molar-refractivity contribution in [3.8, 4) is 0 Å². The smallest absolute Gasteiger partial charge is 0.326 e. The minimum absolute atomic E-state index is 0.119. The fraction of sp³-hybridized carbons (Fsp3) is 0.833. The Bertz CT molecular complexity index is 267. The number of hydrogen-bond acceptors (Lipinski definition) is 4. The fourth-order valence-electron chi connectivity index (χ4n) is 1.63. The molecule has 112 valence electrons. The Balaban J connectivity index is 4.25. The van der Waals surface area contributed by atoms with Crippen molar-refractivity contribution in [3.05, 3.63) is 0 Å². The number of carbonyl (C=O) groups is 2. The molecule has 0 spiro atoms. The molecule has 2 atom stereocenters. The second-order valence-electron chi connectivity index (χ2n) is 4.23. The van der Waals surface area contributed by atoms with Crippen LogP contribution in [0.1, 0.15) is 26.2 Å². The Kier molecular flexibility index (Phi) is 9.82. The van der Waals surface area contributed by atoms with Gasteiger partial charge in [0, 0.05) is 27.2 Å². The van der Waals surface area contributed by atoms with E-state index in [9.17, 15) is 9.59 Å². The van der Waals surface area contributed by atoms with Gasteiger partial charge in [-0.15, -0.1) is 0 Å². The van der Waals surface area contributed by atoms with Crippen molar-refractivity contribution < 1.29 is 24.2 Å². The van der Waals surface area contributed by atoms with Crippen molar-refractivity contribution in [1.29, 1.82) is 0 Å². The predicted octanol–water partition coefficient (Wildman–Crippen LogP) is 0.590. The first-order valence-electron chi connectivity index (χ1n) is 6.32. The van der Waals surface area contributed by atoms with Crippen molar-refractivity contribution in [1.82, 2.24) is 10.6 Å². The summed E-state index contributed by atoms with van der Waals surface area (Å²) in [5.74, 6) is -1.08. The summed E-state index contributed by atoms with van der Waals surface area (Å²) in [6, 6.07) is -1.57. The van der Waals surface area contributed by atoms with E-state index in [1.807, 2.05) is 6.92 Å². The van der Waals surface area contributed by atoms with Gasteiger partial charge in [0.1, 0.15) is 6.04 Å². The van der Waals surface area contributed by atoms with E-state index < -0.39 is 18.0 Å². The molecule has 7 heteroatoms. The highest BCUT2D eigenvalue weighted by molar-refractivity contribution is 5.82. The zero-order valence-corrected chi connectivity index (χ0v) is 11.8. The quantitative estimate of drug-likeness (QED) is 0.542.